The Kier molecular flexibility index (Phi) is 672. The Hall–Kier alpha value is 1.58. The first kappa shape index (κ1) is 49.2. The van der Waals surface area contributed by atoms with Crippen LogP contribution in [0.15, 0.2) is 0 Å². The van der Waals surface area contributed by atoms with Gasteiger partial charge in [0.25, 0.3) is 0 Å². The normalized spacial score (nSPS) is 0.667. The van der Waals surface area contributed by atoms with E-state index >= 15 is 0 Å². The standard InChI is InChI=1S/CH2O.3H3P.Rh.3H/c1-2;;;;;;;/h1H2;3*1H3;;;;/q;;;;+3;3*-1. The molecule has 0 spiro atoms. The van der Waals surface area contributed by atoms with Crippen molar-refractivity contribution in [2.75, 3.05) is 0 Å². The van der Waals surface area contributed by atoms with Crippen LogP contribution in [-0.4, -0.2) is 6.79 Å². The summed E-state index contributed by atoms with van der Waals surface area (Å²) in [5.41, 5.74) is 0. The van der Waals surface area contributed by atoms with Crippen LogP contribution in [0.5, 0.6) is 0 Å². The zero-order valence-electron chi connectivity index (χ0n) is 6.57. The fourth-order valence-electron chi connectivity index (χ4n) is 0. The van der Waals surface area contributed by atoms with E-state index in [2.05, 4.69) is 0 Å². The molecule has 6 heavy (non-hydrogen) atoms. The summed E-state index contributed by atoms with van der Waals surface area (Å²) >= 11 is 0. The molecule has 0 rings (SSSR count). The van der Waals surface area contributed by atoms with E-state index in [4.69, 9.17) is 4.79 Å². The predicted molar refractivity (Wildman–Crippen MR) is 43.8 cm³/mol. The Morgan fingerprint density at radius 1 is 1.00 bits per heavy atom. The molecule has 0 bridgehead atoms. The second kappa shape index (κ2) is 81.9. The molecule has 3 atom stereocenters. The molecule has 48 valence electrons. The van der Waals surface area contributed by atoms with Crippen molar-refractivity contribution in [3.63, 3.8) is 0 Å². The minimum atomic E-state index is 0. The summed E-state index contributed by atoms with van der Waals surface area (Å²) < 4.78 is 0. The van der Waals surface area contributed by atoms with Crippen LogP contribution in [0, 0.1) is 0 Å². The van der Waals surface area contributed by atoms with Crippen molar-refractivity contribution in [1.29, 1.82) is 0 Å². The molecule has 0 aliphatic rings. The molecule has 0 fully saturated rings. The Bertz CT molecular complexity index is 19.0. The molecule has 3 unspecified atom stereocenters. The summed E-state index contributed by atoms with van der Waals surface area (Å²) in [4.78, 5) is 8.00. The van der Waals surface area contributed by atoms with Gasteiger partial charge in [-0.3, -0.25) is 0 Å². The van der Waals surface area contributed by atoms with Crippen LogP contribution in [0.1, 0.15) is 4.28 Å². The number of carbonyl (C=O) groups is 1. The fraction of sp³-hybridized carbons (Fsp3) is 0. The Labute approximate surface area is 65.5 Å². The van der Waals surface area contributed by atoms with Gasteiger partial charge in [-0.05, 0) is 0 Å². The average Bonchev–Trinajstić information content (AvgIpc) is 1.00. The quantitative estimate of drug-likeness (QED) is 0.439. The van der Waals surface area contributed by atoms with Crippen LogP contribution in [0.3, 0.4) is 0 Å². The largest absolute Gasteiger partial charge is 3.00 e. The van der Waals surface area contributed by atoms with E-state index in [-0.39, 0.29) is 53.5 Å². The Balaban J connectivity index is -0.000000000238. The third-order valence-corrected chi connectivity index (χ3v) is 0. The van der Waals surface area contributed by atoms with Gasteiger partial charge in [0.05, 0.1) is 0 Å². The maximum absolute atomic E-state index is 8.00. The molecule has 0 saturated carbocycles. The van der Waals surface area contributed by atoms with Gasteiger partial charge in [0.2, 0.25) is 0 Å². The molecule has 5 heteroatoms. The first-order valence-electron chi connectivity index (χ1n) is 0.289. The zero-order chi connectivity index (χ0) is 2.00. The van der Waals surface area contributed by atoms with Crippen LogP contribution in [0.25, 0.3) is 0 Å². The van der Waals surface area contributed by atoms with E-state index in [1.54, 1.807) is 0 Å². The minimum absolute atomic E-state index is 0. The van der Waals surface area contributed by atoms with Gasteiger partial charge in [-0.25, -0.2) is 0 Å². The topological polar surface area (TPSA) is 17.1 Å². The molecule has 0 heterocycles. The van der Waals surface area contributed by atoms with Gasteiger partial charge in [0.15, 0.2) is 0 Å². The first-order chi connectivity index (χ1) is 1.00. The van der Waals surface area contributed by atoms with E-state index in [9.17, 15) is 0 Å². The summed E-state index contributed by atoms with van der Waals surface area (Å²) in [6.07, 6.45) is 0. The van der Waals surface area contributed by atoms with Crippen LogP contribution in [0.2, 0.25) is 0 Å². The van der Waals surface area contributed by atoms with Crippen molar-refractivity contribution in [2.45, 2.75) is 0 Å². The van der Waals surface area contributed by atoms with Gasteiger partial charge in [0.1, 0.15) is 6.79 Å². The van der Waals surface area contributed by atoms with Gasteiger partial charge in [0, 0.05) is 0 Å². The summed E-state index contributed by atoms with van der Waals surface area (Å²) in [7, 11) is 0. The van der Waals surface area contributed by atoms with Crippen molar-refractivity contribution in [3.05, 3.63) is 0 Å². The predicted octanol–water partition coefficient (Wildman–Crippen LogP) is 0.324. The van der Waals surface area contributed by atoms with E-state index < -0.39 is 0 Å². The molecular formula is CH14OP3Rh. The minimum Gasteiger partial charge on any atom is -1.00 e. The van der Waals surface area contributed by atoms with Crippen molar-refractivity contribution in [1.82, 2.24) is 0 Å². The molecule has 0 aliphatic carbocycles. The van der Waals surface area contributed by atoms with Crippen molar-refractivity contribution >= 4 is 36.5 Å². The summed E-state index contributed by atoms with van der Waals surface area (Å²) in [5.74, 6) is 0. The summed E-state index contributed by atoms with van der Waals surface area (Å²) in [6.45, 7) is 2.00. The van der Waals surface area contributed by atoms with Crippen LogP contribution >= 0.6 is 29.7 Å². The number of hydrogen-bond donors (Lipinski definition) is 0. The molecule has 0 radical (unpaired) electrons. The average molecular weight is 238 g/mol. The number of rotatable bonds is 0. The second-order valence-corrected chi connectivity index (χ2v) is 0. The second-order valence-electron chi connectivity index (χ2n) is 0. The molecule has 0 aromatic carbocycles. The molecule has 0 aliphatic heterocycles. The van der Waals surface area contributed by atoms with Crippen molar-refractivity contribution < 1.29 is 28.6 Å². The van der Waals surface area contributed by atoms with E-state index in [0.717, 1.165) is 0 Å². The Morgan fingerprint density at radius 3 is 1.00 bits per heavy atom. The molecule has 1 nitrogen and oxygen atoms in total. The number of carbonyl (C=O) groups excluding carboxylic acids is 1. The van der Waals surface area contributed by atoms with Gasteiger partial charge in [-0.1, -0.05) is 0 Å². The zero-order valence-corrected chi connectivity index (χ0v) is 9.45. The molecular weight excluding hydrogens is 224 g/mol. The summed E-state index contributed by atoms with van der Waals surface area (Å²) in [6, 6.07) is 0. The van der Waals surface area contributed by atoms with Gasteiger partial charge in [-0.15, -0.1) is 0 Å². The SMILES string of the molecule is C=O.P.P.P.[H-].[H-].[H-].[Rh+3]. The molecule has 0 N–H and O–H groups in total. The summed E-state index contributed by atoms with van der Waals surface area (Å²) in [5, 5.41) is 0. The van der Waals surface area contributed by atoms with Gasteiger partial charge in [-0.2, -0.15) is 29.7 Å². The van der Waals surface area contributed by atoms with Crippen molar-refractivity contribution in [2.24, 2.45) is 0 Å². The molecule has 0 amide bonds. The van der Waals surface area contributed by atoms with Crippen LogP contribution in [0.4, 0.5) is 0 Å². The fourth-order valence-corrected chi connectivity index (χ4v) is 0. The molecule has 0 aromatic heterocycles. The third-order valence-electron chi connectivity index (χ3n) is 0. The third kappa shape index (κ3) is 46.8. The van der Waals surface area contributed by atoms with Crippen LogP contribution < -0.4 is 0 Å². The Morgan fingerprint density at radius 2 is 1.00 bits per heavy atom. The van der Waals surface area contributed by atoms with E-state index in [1.165, 1.54) is 0 Å². The van der Waals surface area contributed by atoms with Crippen molar-refractivity contribution in [3.8, 4) is 0 Å². The first-order valence-corrected chi connectivity index (χ1v) is 0.289. The van der Waals surface area contributed by atoms with E-state index in [0.29, 0.717) is 0 Å². The maximum atomic E-state index is 8.00. The van der Waals surface area contributed by atoms with E-state index in [1.807, 2.05) is 6.79 Å². The maximum Gasteiger partial charge on any atom is 3.00 e. The number of hydrogen-bond acceptors (Lipinski definition) is 1. The van der Waals surface area contributed by atoms with Gasteiger partial charge >= 0.3 is 19.5 Å². The molecule has 0 saturated heterocycles. The monoisotopic (exact) mass is 238 g/mol. The smallest absolute Gasteiger partial charge is 1.00 e. The van der Waals surface area contributed by atoms with Gasteiger partial charge < -0.3 is 9.07 Å². The molecule has 0 aromatic rings. The van der Waals surface area contributed by atoms with Crippen LogP contribution in [-0.2, 0) is 24.3 Å².